The first-order chi connectivity index (χ1) is 6.90. The molecule has 0 amide bonds. The van der Waals surface area contributed by atoms with E-state index < -0.39 is 0 Å². The Labute approximate surface area is 91.7 Å². The summed E-state index contributed by atoms with van der Waals surface area (Å²) in [7, 11) is 0.317. The topological polar surface area (TPSA) is 0 Å². The second kappa shape index (κ2) is 5.34. The van der Waals surface area contributed by atoms with E-state index in [1.165, 1.54) is 24.8 Å². The van der Waals surface area contributed by atoms with Gasteiger partial charge in [-0.1, -0.05) is 69.9 Å². The van der Waals surface area contributed by atoms with Crippen LogP contribution in [0, 0.1) is 11.8 Å². The van der Waals surface area contributed by atoms with E-state index in [-0.39, 0.29) is 0 Å². The maximum Gasteiger partial charge on any atom is 0.0201 e. The second-order valence-electron chi connectivity index (χ2n) is 5.59. The monoisotopic (exact) mass is 210 g/mol. The Morgan fingerprint density at radius 3 is 1.86 bits per heavy atom. The van der Waals surface area contributed by atoms with Gasteiger partial charge in [0.05, 0.1) is 0 Å². The van der Waals surface area contributed by atoms with Crippen LogP contribution in [0.25, 0.3) is 0 Å². The minimum atomic E-state index is 0.317. The molecule has 0 heterocycles. The van der Waals surface area contributed by atoms with Crippen LogP contribution in [0.15, 0.2) is 0 Å². The highest BCUT2D eigenvalue weighted by Crippen LogP contribution is 2.41. The molecule has 0 atom stereocenters. The molecule has 2 aliphatic rings. The Balaban J connectivity index is 1.76. The summed E-state index contributed by atoms with van der Waals surface area (Å²) in [6.07, 6.45) is 14.1. The van der Waals surface area contributed by atoms with Crippen molar-refractivity contribution >= 4 is 9.52 Å². The van der Waals surface area contributed by atoms with Crippen molar-refractivity contribution in [3.8, 4) is 0 Å². The molecule has 1 heteroatoms. The number of rotatable bonds is 2. The molecule has 2 fully saturated rings. The van der Waals surface area contributed by atoms with E-state index >= 15 is 0 Å². The van der Waals surface area contributed by atoms with Gasteiger partial charge in [-0.25, -0.2) is 0 Å². The summed E-state index contributed by atoms with van der Waals surface area (Å²) in [4.78, 5) is 0. The molecule has 0 radical (unpaired) electrons. The molecule has 0 bridgehead atoms. The van der Waals surface area contributed by atoms with E-state index in [1.807, 2.05) is 0 Å². The summed E-state index contributed by atoms with van der Waals surface area (Å²) in [6.45, 7) is 2.51. The maximum atomic E-state index is 2.51. The lowest BCUT2D eigenvalue weighted by Gasteiger charge is -2.35. The quantitative estimate of drug-likeness (QED) is 0.609. The molecule has 14 heavy (non-hydrogen) atoms. The molecule has 0 nitrogen and oxygen atoms in total. The Morgan fingerprint density at radius 2 is 1.29 bits per heavy atom. The van der Waals surface area contributed by atoms with Crippen LogP contribution in [-0.2, 0) is 0 Å². The van der Waals surface area contributed by atoms with Gasteiger partial charge in [-0.05, 0) is 11.8 Å². The highest BCUT2D eigenvalue weighted by Gasteiger charge is 2.27. The van der Waals surface area contributed by atoms with Crippen LogP contribution < -0.4 is 0 Å². The first-order valence-corrected chi connectivity index (χ1v) is 9.13. The van der Waals surface area contributed by atoms with Crippen LogP contribution in [-0.4, -0.2) is 9.52 Å². The molecular weight excluding hydrogens is 184 g/mol. The SMILES string of the molecule is C[SiH2]C1CCC(C2CCCCC2)CC1. The molecule has 82 valence electrons. The molecule has 0 N–H and O–H groups in total. The average Bonchev–Trinajstić information content (AvgIpc) is 2.30. The van der Waals surface area contributed by atoms with Crippen LogP contribution in [0.4, 0.5) is 0 Å². The predicted octanol–water partition coefficient (Wildman–Crippen LogP) is 3.76. The molecule has 0 aromatic rings. The lowest BCUT2D eigenvalue weighted by atomic mass is 9.73. The zero-order valence-corrected chi connectivity index (χ0v) is 11.2. The largest absolute Gasteiger partial charge is 0.0746 e. The molecular formula is C13H26Si. The lowest BCUT2D eigenvalue weighted by molar-refractivity contribution is 0.196. The molecule has 2 saturated carbocycles. The zero-order chi connectivity index (χ0) is 9.80. The summed E-state index contributed by atoms with van der Waals surface area (Å²) < 4.78 is 0. The van der Waals surface area contributed by atoms with Crippen molar-refractivity contribution in [3.05, 3.63) is 0 Å². The molecule has 0 aliphatic heterocycles. The fourth-order valence-corrected chi connectivity index (χ4v) is 4.96. The predicted molar refractivity (Wildman–Crippen MR) is 66.7 cm³/mol. The van der Waals surface area contributed by atoms with Gasteiger partial charge in [-0.3, -0.25) is 0 Å². The third-order valence-corrected chi connectivity index (χ3v) is 6.76. The molecule has 0 aromatic heterocycles. The molecule has 0 aromatic carbocycles. The second-order valence-corrected chi connectivity index (χ2v) is 7.56. The summed E-state index contributed by atoms with van der Waals surface area (Å²) in [6, 6.07) is 0. The van der Waals surface area contributed by atoms with Crippen LogP contribution >= 0.6 is 0 Å². The van der Waals surface area contributed by atoms with Crippen molar-refractivity contribution in [2.75, 3.05) is 0 Å². The maximum absolute atomic E-state index is 2.51. The van der Waals surface area contributed by atoms with E-state index in [2.05, 4.69) is 6.55 Å². The minimum Gasteiger partial charge on any atom is -0.0746 e. The summed E-state index contributed by atoms with van der Waals surface area (Å²) in [5.41, 5.74) is 1.22. The number of hydrogen-bond donors (Lipinski definition) is 0. The smallest absolute Gasteiger partial charge is 0.0201 e. The van der Waals surface area contributed by atoms with Crippen molar-refractivity contribution in [2.24, 2.45) is 11.8 Å². The van der Waals surface area contributed by atoms with Gasteiger partial charge in [0.1, 0.15) is 0 Å². The van der Waals surface area contributed by atoms with Gasteiger partial charge < -0.3 is 0 Å². The van der Waals surface area contributed by atoms with E-state index in [0.717, 1.165) is 11.8 Å². The number of hydrogen-bond acceptors (Lipinski definition) is 0. The van der Waals surface area contributed by atoms with E-state index in [9.17, 15) is 0 Å². The van der Waals surface area contributed by atoms with E-state index in [1.54, 1.807) is 38.5 Å². The molecule has 2 aliphatic carbocycles. The van der Waals surface area contributed by atoms with Gasteiger partial charge in [0, 0.05) is 9.52 Å². The normalized spacial score (nSPS) is 36.6. The van der Waals surface area contributed by atoms with Gasteiger partial charge in [0.25, 0.3) is 0 Å². The lowest BCUT2D eigenvalue weighted by Crippen LogP contribution is -2.23. The summed E-state index contributed by atoms with van der Waals surface area (Å²) >= 11 is 0. The van der Waals surface area contributed by atoms with Crippen LogP contribution in [0.3, 0.4) is 0 Å². The van der Waals surface area contributed by atoms with Gasteiger partial charge in [-0.2, -0.15) is 0 Å². The van der Waals surface area contributed by atoms with Crippen molar-refractivity contribution in [3.63, 3.8) is 0 Å². The fraction of sp³-hybridized carbons (Fsp3) is 1.00. The highest BCUT2D eigenvalue weighted by molar-refractivity contribution is 6.35. The summed E-state index contributed by atoms with van der Waals surface area (Å²) in [5.74, 6) is 2.29. The first kappa shape index (κ1) is 10.7. The third-order valence-electron chi connectivity index (χ3n) is 4.79. The highest BCUT2D eigenvalue weighted by atomic mass is 28.2. The van der Waals surface area contributed by atoms with Crippen molar-refractivity contribution in [1.29, 1.82) is 0 Å². The Hall–Kier alpha value is 0.217. The van der Waals surface area contributed by atoms with Crippen molar-refractivity contribution in [1.82, 2.24) is 0 Å². The fourth-order valence-electron chi connectivity index (χ4n) is 3.67. The summed E-state index contributed by atoms with van der Waals surface area (Å²) in [5, 5.41) is 0. The Bertz CT molecular complexity index is 153. The molecule has 0 saturated heterocycles. The molecule has 0 unspecified atom stereocenters. The van der Waals surface area contributed by atoms with Crippen LogP contribution in [0.1, 0.15) is 57.8 Å². The van der Waals surface area contributed by atoms with Crippen LogP contribution in [0.2, 0.25) is 12.1 Å². The third kappa shape index (κ3) is 2.62. The van der Waals surface area contributed by atoms with E-state index in [4.69, 9.17) is 0 Å². The Kier molecular flexibility index (Phi) is 4.09. The standard InChI is InChI=1S/C13H26Si/c1-14-13-9-7-12(8-10-13)11-5-3-2-4-6-11/h11-13H,2-10,14H2,1H3. The van der Waals surface area contributed by atoms with Gasteiger partial charge >= 0.3 is 0 Å². The van der Waals surface area contributed by atoms with Gasteiger partial charge in [-0.15, -0.1) is 0 Å². The van der Waals surface area contributed by atoms with Gasteiger partial charge in [0.15, 0.2) is 0 Å². The van der Waals surface area contributed by atoms with Crippen molar-refractivity contribution < 1.29 is 0 Å². The van der Waals surface area contributed by atoms with E-state index in [0.29, 0.717) is 9.52 Å². The van der Waals surface area contributed by atoms with Crippen molar-refractivity contribution in [2.45, 2.75) is 69.9 Å². The first-order valence-electron chi connectivity index (χ1n) is 6.90. The van der Waals surface area contributed by atoms with Crippen LogP contribution in [0.5, 0.6) is 0 Å². The Morgan fingerprint density at radius 1 is 0.714 bits per heavy atom. The molecule has 2 rings (SSSR count). The minimum absolute atomic E-state index is 0.317. The molecule has 0 spiro atoms. The average molecular weight is 210 g/mol. The zero-order valence-electron chi connectivity index (χ0n) is 9.80. The van der Waals surface area contributed by atoms with Gasteiger partial charge in [0.2, 0.25) is 0 Å².